The van der Waals surface area contributed by atoms with Crippen molar-refractivity contribution in [2.75, 3.05) is 33.3 Å². The van der Waals surface area contributed by atoms with Crippen molar-refractivity contribution in [2.24, 2.45) is 5.41 Å². The summed E-state index contributed by atoms with van der Waals surface area (Å²) >= 11 is 0. The average Bonchev–Trinajstić information content (AvgIpc) is 2.96. The smallest absolute Gasteiger partial charge is 0.0702 e. The number of hydrogen-bond donors (Lipinski definition) is 1. The molecular weight excluding hydrogens is 224 g/mol. The van der Waals surface area contributed by atoms with Gasteiger partial charge in [-0.3, -0.25) is 0 Å². The number of rotatable bonds is 6. The van der Waals surface area contributed by atoms with Crippen LogP contribution in [0.3, 0.4) is 0 Å². The van der Waals surface area contributed by atoms with Gasteiger partial charge in [0.2, 0.25) is 0 Å². The minimum Gasteiger partial charge on any atom is -0.377 e. The van der Waals surface area contributed by atoms with Crippen molar-refractivity contribution in [3.05, 3.63) is 0 Å². The zero-order chi connectivity index (χ0) is 13.0. The van der Waals surface area contributed by atoms with E-state index in [4.69, 9.17) is 4.74 Å². The van der Waals surface area contributed by atoms with Gasteiger partial charge in [0.25, 0.3) is 0 Å². The average molecular weight is 254 g/mol. The van der Waals surface area contributed by atoms with Crippen LogP contribution in [0.2, 0.25) is 0 Å². The Labute approximate surface area is 112 Å². The molecule has 1 saturated carbocycles. The van der Waals surface area contributed by atoms with E-state index in [1.54, 1.807) is 0 Å². The third kappa shape index (κ3) is 3.25. The number of nitrogens with zero attached hydrogens (tertiary/aromatic N) is 1. The monoisotopic (exact) mass is 254 g/mol. The Hall–Kier alpha value is -0.120. The van der Waals surface area contributed by atoms with Gasteiger partial charge in [-0.1, -0.05) is 19.8 Å². The van der Waals surface area contributed by atoms with E-state index >= 15 is 0 Å². The SMILES string of the molecule is CCNCC1(CN(C)C2CCOC2C)CCCC1. The summed E-state index contributed by atoms with van der Waals surface area (Å²) in [5.41, 5.74) is 0.521. The predicted molar refractivity (Wildman–Crippen MR) is 75.9 cm³/mol. The van der Waals surface area contributed by atoms with Gasteiger partial charge >= 0.3 is 0 Å². The lowest BCUT2D eigenvalue weighted by molar-refractivity contribution is 0.0637. The van der Waals surface area contributed by atoms with Gasteiger partial charge in [0, 0.05) is 25.7 Å². The Morgan fingerprint density at radius 1 is 1.33 bits per heavy atom. The Morgan fingerprint density at radius 3 is 2.61 bits per heavy atom. The first-order chi connectivity index (χ1) is 8.67. The van der Waals surface area contributed by atoms with Gasteiger partial charge in [-0.25, -0.2) is 0 Å². The number of ether oxygens (including phenoxy) is 1. The highest BCUT2D eigenvalue weighted by Gasteiger charge is 2.37. The first-order valence-corrected chi connectivity index (χ1v) is 7.69. The van der Waals surface area contributed by atoms with Crippen molar-refractivity contribution < 1.29 is 4.74 Å². The van der Waals surface area contributed by atoms with Gasteiger partial charge in [-0.15, -0.1) is 0 Å². The molecule has 106 valence electrons. The molecule has 1 heterocycles. The molecule has 1 N–H and O–H groups in total. The van der Waals surface area contributed by atoms with Crippen molar-refractivity contribution in [3.63, 3.8) is 0 Å². The molecule has 0 aromatic rings. The normalized spacial score (nSPS) is 31.3. The molecule has 1 aliphatic carbocycles. The fraction of sp³-hybridized carbons (Fsp3) is 1.00. The molecule has 0 radical (unpaired) electrons. The predicted octanol–water partition coefficient (Wildman–Crippen LogP) is 2.27. The van der Waals surface area contributed by atoms with Crippen LogP contribution in [0.1, 0.15) is 46.0 Å². The fourth-order valence-electron chi connectivity index (χ4n) is 3.85. The third-order valence-electron chi connectivity index (χ3n) is 4.90. The fourth-order valence-corrected chi connectivity index (χ4v) is 3.85. The summed E-state index contributed by atoms with van der Waals surface area (Å²) < 4.78 is 5.71. The summed E-state index contributed by atoms with van der Waals surface area (Å²) in [6.45, 7) is 8.89. The first-order valence-electron chi connectivity index (χ1n) is 7.69. The summed E-state index contributed by atoms with van der Waals surface area (Å²) in [5.74, 6) is 0. The Balaban J connectivity index is 1.91. The van der Waals surface area contributed by atoms with E-state index in [9.17, 15) is 0 Å². The van der Waals surface area contributed by atoms with Gasteiger partial charge in [-0.2, -0.15) is 0 Å². The summed E-state index contributed by atoms with van der Waals surface area (Å²) in [6.07, 6.45) is 7.23. The first kappa shape index (κ1) is 14.3. The van der Waals surface area contributed by atoms with Crippen molar-refractivity contribution in [3.8, 4) is 0 Å². The standard InChI is InChI=1S/C15H30N2O/c1-4-16-11-15(8-5-6-9-15)12-17(3)14-7-10-18-13(14)2/h13-14,16H,4-12H2,1-3H3. The van der Waals surface area contributed by atoms with Crippen LogP contribution in [0.15, 0.2) is 0 Å². The topological polar surface area (TPSA) is 24.5 Å². The third-order valence-corrected chi connectivity index (χ3v) is 4.90. The Bertz CT molecular complexity index is 251. The van der Waals surface area contributed by atoms with Crippen LogP contribution in [0, 0.1) is 5.41 Å². The molecule has 0 spiro atoms. The minimum absolute atomic E-state index is 0.410. The molecule has 2 atom stereocenters. The second kappa shape index (κ2) is 6.36. The molecule has 2 aliphatic rings. The molecule has 1 saturated heterocycles. The largest absolute Gasteiger partial charge is 0.377 e. The number of hydrogen-bond acceptors (Lipinski definition) is 3. The maximum Gasteiger partial charge on any atom is 0.0702 e. The van der Waals surface area contributed by atoms with E-state index in [-0.39, 0.29) is 0 Å². The maximum atomic E-state index is 5.71. The van der Waals surface area contributed by atoms with Crippen molar-refractivity contribution in [1.82, 2.24) is 10.2 Å². The molecular formula is C15H30N2O. The van der Waals surface area contributed by atoms with E-state index in [0.29, 0.717) is 17.6 Å². The maximum absolute atomic E-state index is 5.71. The van der Waals surface area contributed by atoms with Gasteiger partial charge in [0.15, 0.2) is 0 Å². The lowest BCUT2D eigenvalue weighted by Gasteiger charge is -2.37. The number of likely N-dealkylation sites (N-methyl/N-ethyl adjacent to an activating group) is 1. The van der Waals surface area contributed by atoms with Gasteiger partial charge in [0.05, 0.1) is 6.10 Å². The lowest BCUT2D eigenvalue weighted by Crippen LogP contribution is -2.46. The summed E-state index contributed by atoms with van der Waals surface area (Å²) in [4.78, 5) is 2.57. The zero-order valence-electron chi connectivity index (χ0n) is 12.4. The van der Waals surface area contributed by atoms with Crippen LogP contribution in [0.5, 0.6) is 0 Å². The van der Waals surface area contributed by atoms with Crippen LogP contribution in [0.25, 0.3) is 0 Å². The van der Waals surface area contributed by atoms with Gasteiger partial charge < -0.3 is 15.0 Å². The highest BCUT2D eigenvalue weighted by atomic mass is 16.5. The molecule has 1 aliphatic heterocycles. The van der Waals surface area contributed by atoms with Crippen LogP contribution in [0.4, 0.5) is 0 Å². The van der Waals surface area contributed by atoms with E-state index in [1.807, 2.05) is 0 Å². The second-order valence-corrected chi connectivity index (χ2v) is 6.33. The van der Waals surface area contributed by atoms with E-state index in [2.05, 4.69) is 31.1 Å². The van der Waals surface area contributed by atoms with E-state index in [0.717, 1.165) is 13.2 Å². The highest BCUT2D eigenvalue weighted by Crippen LogP contribution is 2.39. The van der Waals surface area contributed by atoms with Crippen LogP contribution >= 0.6 is 0 Å². The Morgan fingerprint density at radius 2 is 2.06 bits per heavy atom. The van der Waals surface area contributed by atoms with Gasteiger partial charge in [0.1, 0.15) is 0 Å². The van der Waals surface area contributed by atoms with Crippen LogP contribution in [-0.2, 0) is 4.74 Å². The molecule has 3 heteroatoms. The summed E-state index contributed by atoms with van der Waals surface area (Å²) in [5, 5.41) is 3.58. The molecule has 0 aromatic heterocycles. The number of nitrogens with one attached hydrogen (secondary N) is 1. The molecule has 18 heavy (non-hydrogen) atoms. The quantitative estimate of drug-likeness (QED) is 0.787. The zero-order valence-corrected chi connectivity index (χ0v) is 12.4. The summed E-state index contributed by atoms with van der Waals surface area (Å²) in [7, 11) is 2.29. The second-order valence-electron chi connectivity index (χ2n) is 6.33. The van der Waals surface area contributed by atoms with Crippen molar-refractivity contribution in [2.45, 2.75) is 58.1 Å². The molecule has 2 unspecified atom stereocenters. The highest BCUT2D eigenvalue weighted by molar-refractivity contribution is 4.91. The van der Waals surface area contributed by atoms with Crippen molar-refractivity contribution in [1.29, 1.82) is 0 Å². The van der Waals surface area contributed by atoms with Crippen molar-refractivity contribution >= 4 is 0 Å². The molecule has 0 aromatic carbocycles. The minimum atomic E-state index is 0.410. The summed E-state index contributed by atoms with van der Waals surface area (Å²) in [6, 6.07) is 0.629. The lowest BCUT2D eigenvalue weighted by atomic mass is 9.85. The molecule has 2 rings (SSSR count). The Kier molecular flexibility index (Phi) is 5.05. The molecule has 0 amide bonds. The van der Waals surface area contributed by atoms with Crippen LogP contribution < -0.4 is 5.32 Å². The van der Waals surface area contributed by atoms with Crippen LogP contribution in [-0.4, -0.2) is 50.3 Å². The molecule has 0 bridgehead atoms. The van der Waals surface area contributed by atoms with Gasteiger partial charge in [-0.05, 0) is 45.2 Å². The van der Waals surface area contributed by atoms with E-state index < -0.39 is 0 Å². The molecule has 3 nitrogen and oxygen atoms in total. The van der Waals surface area contributed by atoms with E-state index in [1.165, 1.54) is 45.2 Å². The molecule has 2 fully saturated rings.